The summed E-state index contributed by atoms with van der Waals surface area (Å²) in [4.78, 5) is 37.2. The third kappa shape index (κ3) is 2.29. The second-order valence-corrected chi connectivity index (χ2v) is 5.67. The molecule has 0 unspecified atom stereocenters. The molecular formula is C20H12O4. The highest BCUT2D eigenvalue weighted by Crippen LogP contribution is 2.24. The SMILES string of the molecule is O=C1Cc2ccccc2C=C1C(=O)c1cc2ccccc2oc1=O. The molecule has 1 aliphatic rings. The van der Waals surface area contributed by atoms with Gasteiger partial charge in [0.2, 0.25) is 5.78 Å². The summed E-state index contributed by atoms with van der Waals surface area (Å²) < 4.78 is 5.19. The van der Waals surface area contributed by atoms with E-state index in [2.05, 4.69) is 0 Å². The van der Waals surface area contributed by atoms with E-state index in [0.29, 0.717) is 11.0 Å². The summed E-state index contributed by atoms with van der Waals surface area (Å²) in [5.41, 5.74) is 1.29. The number of hydrogen-bond donors (Lipinski definition) is 0. The third-order valence-corrected chi connectivity index (χ3v) is 4.14. The number of carbonyl (C=O) groups is 2. The Hall–Kier alpha value is -3.27. The number of rotatable bonds is 2. The van der Waals surface area contributed by atoms with Gasteiger partial charge in [0.15, 0.2) is 5.78 Å². The summed E-state index contributed by atoms with van der Waals surface area (Å²) in [5.74, 6) is -0.875. The van der Waals surface area contributed by atoms with E-state index in [1.54, 1.807) is 30.3 Å². The van der Waals surface area contributed by atoms with Gasteiger partial charge < -0.3 is 4.42 Å². The summed E-state index contributed by atoms with van der Waals surface area (Å²) in [6.07, 6.45) is 1.71. The fourth-order valence-corrected chi connectivity index (χ4v) is 2.90. The van der Waals surface area contributed by atoms with Gasteiger partial charge in [-0.05, 0) is 29.3 Å². The van der Waals surface area contributed by atoms with Crippen molar-refractivity contribution in [3.05, 3.63) is 87.3 Å². The first-order valence-corrected chi connectivity index (χ1v) is 7.54. The molecular weight excluding hydrogens is 304 g/mol. The van der Waals surface area contributed by atoms with Crippen molar-refractivity contribution in [2.24, 2.45) is 0 Å². The summed E-state index contributed by atoms with van der Waals surface area (Å²) in [6.45, 7) is 0. The fraction of sp³-hybridized carbons (Fsp3) is 0.0500. The van der Waals surface area contributed by atoms with Crippen LogP contribution in [0.2, 0.25) is 0 Å². The Kier molecular flexibility index (Phi) is 3.24. The van der Waals surface area contributed by atoms with Crippen LogP contribution in [0.5, 0.6) is 0 Å². The zero-order valence-electron chi connectivity index (χ0n) is 12.6. The summed E-state index contributed by atoms with van der Waals surface area (Å²) in [7, 11) is 0. The smallest absolute Gasteiger partial charge is 0.347 e. The quantitative estimate of drug-likeness (QED) is 0.414. The number of allylic oxidation sites excluding steroid dienone is 1. The topological polar surface area (TPSA) is 64.3 Å². The van der Waals surface area contributed by atoms with Crippen LogP contribution in [0, 0.1) is 0 Å². The molecule has 0 fully saturated rings. The van der Waals surface area contributed by atoms with Crippen LogP contribution in [-0.2, 0) is 11.2 Å². The van der Waals surface area contributed by atoms with Crippen molar-refractivity contribution >= 4 is 28.6 Å². The van der Waals surface area contributed by atoms with Crippen LogP contribution in [0.3, 0.4) is 0 Å². The van der Waals surface area contributed by atoms with E-state index in [1.165, 1.54) is 6.07 Å². The standard InChI is InChI=1S/C20H12O4/c21-17-11-13-6-2-1-5-12(13)9-15(17)19(22)16-10-14-7-3-4-8-18(14)24-20(16)23/h1-10H,11H2. The summed E-state index contributed by atoms with van der Waals surface area (Å²) >= 11 is 0. The Morgan fingerprint density at radius 2 is 1.71 bits per heavy atom. The molecule has 0 saturated heterocycles. The molecule has 0 saturated carbocycles. The number of para-hydroxylation sites is 1. The molecule has 0 radical (unpaired) electrons. The molecule has 0 amide bonds. The molecule has 1 aliphatic carbocycles. The van der Waals surface area contributed by atoms with E-state index in [-0.39, 0.29) is 23.3 Å². The molecule has 0 N–H and O–H groups in total. The second-order valence-electron chi connectivity index (χ2n) is 5.67. The minimum absolute atomic E-state index is 0.0243. The summed E-state index contributed by atoms with van der Waals surface area (Å²) in [5, 5.41) is 0.643. The number of fused-ring (bicyclic) bond motifs is 2. The molecule has 4 heteroatoms. The average molecular weight is 316 g/mol. The number of Topliss-reactive ketones (excluding diaryl/α,β-unsaturated/α-hetero) is 2. The van der Waals surface area contributed by atoms with Crippen molar-refractivity contribution in [2.75, 3.05) is 0 Å². The molecule has 4 nitrogen and oxygen atoms in total. The van der Waals surface area contributed by atoms with Gasteiger partial charge in [-0.25, -0.2) is 4.79 Å². The van der Waals surface area contributed by atoms with Crippen LogP contribution in [0.15, 0.2) is 69.4 Å². The minimum Gasteiger partial charge on any atom is -0.422 e. The minimum atomic E-state index is -0.730. The Bertz CT molecular complexity index is 1090. The van der Waals surface area contributed by atoms with Gasteiger partial charge in [-0.1, -0.05) is 42.5 Å². The van der Waals surface area contributed by atoms with Gasteiger partial charge >= 0.3 is 5.63 Å². The largest absolute Gasteiger partial charge is 0.422 e. The Balaban J connectivity index is 1.85. The predicted octanol–water partition coefficient (Wildman–Crippen LogP) is 3.18. The van der Waals surface area contributed by atoms with Crippen LogP contribution in [0.4, 0.5) is 0 Å². The molecule has 1 aromatic heterocycles. The number of benzene rings is 2. The number of carbonyl (C=O) groups excluding carboxylic acids is 2. The van der Waals surface area contributed by atoms with Gasteiger partial charge in [-0.2, -0.15) is 0 Å². The average Bonchev–Trinajstić information content (AvgIpc) is 2.60. The first-order chi connectivity index (χ1) is 11.6. The van der Waals surface area contributed by atoms with E-state index in [9.17, 15) is 14.4 Å². The van der Waals surface area contributed by atoms with Crippen molar-refractivity contribution in [1.29, 1.82) is 0 Å². The fourth-order valence-electron chi connectivity index (χ4n) is 2.90. The number of hydrogen-bond acceptors (Lipinski definition) is 4. The molecule has 24 heavy (non-hydrogen) atoms. The van der Waals surface area contributed by atoms with Crippen molar-refractivity contribution in [1.82, 2.24) is 0 Å². The molecule has 4 rings (SSSR count). The first-order valence-electron chi connectivity index (χ1n) is 7.54. The van der Waals surface area contributed by atoms with Gasteiger partial charge in [-0.3, -0.25) is 9.59 Å². The van der Waals surface area contributed by atoms with Crippen molar-refractivity contribution in [3.63, 3.8) is 0 Å². The lowest BCUT2D eigenvalue weighted by Crippen LogP contribution is -2.23. The van der Waals surface area contributed by atoms with E-state index in [0.717, 1.165) is 11.1 Å². The molecule has 3 aromatic rings. The normalized spacial score (nSPS) is 13.5. The molecule has 0 atom stereocenters. The molecule has 1 heterocycles. The Morgan fingerprint density at radius 3 is 2.58 bits per heavy atom. The van der Waals surface area contributed by atoms with Crippen LogP contribution in [0.25, 0.3) is 17.0 Å². The highest BCUT2D eigenvalue weighted by molar-refractivity contribution is 6.30. The highest BCUT2D eigenvalue weighted by atomic mass is 16.4. The van der Waals surface area contributed by atoms with Crippen LogP contribution in [-0.4, -0.2) is 11.6 Å². The lowest BCUT2D eigenvalue weighted by atomic mass is 9.87. The first kappa shape index (κ1) is 14.3. The Labute approximate surface area is 137 Å². The van der Waals surface area contributed by atoms with E-state index in [1.807, 2.05) is 24.3 Å². The molecule has 0 bridgehead atoms. The van der Waals surface area contributed by atoms with Gasteiger partial charge in [0, 0.05) is 11.8 Å². The lowest BCUT2D eigenvalue weighted by molar-refractivity contribution is -0.114. The zero-order valence-corrected chi connectivity index (χ0v) is 12.6. The van der Waals surface area contributed by atoms with Crippen LogP contribution in [0.1, 0.15) is 21.5 Å². The van der Waals surface area contributed by atoms with Crippen molar-refractivity contribution < 1.29 is 14.0 Å². The monoisotopic (exact) mass is 316 g/mol. The van der Waals surface area contributed by atoms with E-state index < -0.39 is 11.4 Å². The third-order valence-electron chi connectivity index (χ3n) is 4.14. The van der Waals surface area contributed by atoms with E-state index >= 15 is 0 Å². The summed E-state index contributed by atoms with van der Waals surface area (Å²) in [6, 6.07) is 15.8. The van der Waals surface area contributed by atoms with Crippen molar-refractivity contribution in [3.8, 4) is 0 Å². The maximum absolute atomic E-state index is 12.7. The Morgan fingerprint density at radius 1 is 0.958 bits per heavy atom. The second kappa shape index (κ2) is 5.42. The van der Waals surface area contributed by atoms with Gasteiger partial charge in [0.05, 0.1) is 5.57 Å². The predicted molar refractivity (Wildman–Crippen MR) is 89.9 cm³/mol. The van der Waals surface area contributed by atoms with Crippen LogP contribution >= 0.6 is 0 Å². The molecule has 116 valence electrons. The molecule has 0 spiro atoms. The lowest BCUT2D eigenvalue weighted by Gasteiger charge is -2.14. The zero-order chi connectivity index (χ0) is 16.7. The molecule has 0 aliphatic heterocycles. The van der Waals surface area contributed by atoms with E-state index in [4.69, 9.17) is 4.42 Å². The maximum Gasteiger partial charge on any atom is 0.347 e. The van der Waals surface area contributed by atoms with Crippen LogP contribution < -0.4 is 5.63 Å². The van der Waals surface area contributed by atoms with Gasteiger partial charge in [-0.15, -0.1) is 0 Å². The molecule has 2 aromatic carbocycles. The van der Waals surface area contributed by atoms with Gasteiger partial charge in [0.1, 0.15) is 11.1 Å². The van der Waals surface area contributed by atoms with Crippen molar-refractivity contribution in [2.45, 2.75) is 6.42 Å². The maximum atomic E-state index is 12.7. The highest BCUT2D eigenvalue weighted by Gasteiger charge is 2.27. The van der Waals surface area contributed by atoms with Gasteiger partial charge in [0.25, 0.3) is 0 Å². The number of ketones is 2.